The van der Waals surface area contributed by atoms with Gasteiger partial charge in [0.1, 0.15) is 55.0 Å². The number of Topliss-reactive ketones (excluding diaryl/α,β-unsaturated/α-hetero) is 1. The SMILES string of the molecule is C=CCOc1ccc(CC(=O)c2c(OCC=C)cc(OCC=C)cc2OCC=C)cc1. The zero-order valence-electron chi connectivity index (χ0n) is 17.7. The molecule has 5 heteroatoms. The lowest BCUT2D eigenvalue weighted by molar-refractivity contribution is 0.0985. The third kappa shape index (κ3) is 7.23. The molecule has 0 amide bonds. The lowest BCUT2D eigenvalue weighted by atomic mass is 10.0. The van der Waals surface area contributed by atoms with Crippen LogP contribution in [0.3, 0.4) is 0 Å². The molecule has 0 fully saturated rings. The minimum atomic E-state index is -0.145. The highest BCUT2D eigenvalue weighted by atomic mass is 16.5. The highest BCUT2D eigenvalue weighted by Crippen LogP contribution is 2.36. The van der Waals surface area contributed by atoms with Gasteiger partial charge in [0.15, 0.2) is 5.78 Å². The molecule has 0 aliphatic heterocycles. The highest BCUT2D eigenvalue weighted by molar-refractivity contribution is 6.02. The van der Waals surface area contributed by atoms with Gasteiger partial charge in [-0.05, 0) is 17.7 Å². The van der Waals surface area contributed by atoms with Gasteiger partial charge in [0.2, 0.25) is 0 Å². The summed E-state index contributed by atoms with van der Waals surface area (Å²) >= 11 is 0. The third-order valence-corrected chi connectivity index (χ3v) is 4.06. The number of rotatable bonds is 15. The van der Waals surface area contributed by atoms with Gasteiger partial charge in [0.25, 0.3) is 0 Å². The summed E-state index contributed by atoms with van der Waals surface area (Å²) in [6, 6.07) is 10.7. The van der Waals surface area contributed by atoms with Gasteiger partial charge < -0.3 is 18.9 Å². The van der Waals surface area contributed by atoms with Crippen LogP contribution >= 0.6 is 0 Å². The number of hydrogen-bond acceptors (Lipinski definition) is 5. The van der Waals surface area contributed by atoms with Crippen molar-refractivity contribution in [2.24, 2.45) is 0 Å². The van der Waals surface area contributed by atoms with Crippen LogP contribution in [-0.2, 0) is 6.42 Å². The van der Waals surface area contributed by atoms with E-state index < -0.39 is 0 Å². The van der Waals surface area contributed by atoms with Crippen molar-refractivity contribution in [3.8, 4) is 23.0 Å². The van der Waals surface area contributed by atoms with Crippen LogP contribution in [-0.4, -0.2) is 32.2 Å². The maximum atomic E-state index is 13.3. The Labute approximate surface area is 183 Å². The van der Waals surface area contributed by atoms with Gasteiger partial charge in [-0.15, -0.1) is 0 Å². The Morgan fingerprint density at radius 3 is 1.61 bits per heavy atom. The molecule has 2 rings (SSSR count). The molecule has 31 heavy (non-hydrogen) atoms. The smallest absolute Gasteiger partial charge is 0.174 e. The molecule has 0 atom stereocenters. The molecule has 0 unspecified atom stereocenters. The minimum Gasteiger partial charge on any atom is -0.490 e. The van der Waals surface area contributed by atoms with E-state index in [1.165, 1.54) is 0 Å². The fourth-order valence-electron chi connectivity index (χ4n) is 2.74. The quantitative estimate of drug-likeness (QED) is 0.286. The summed E-state index contributed by atoms with van der Waals surface area (Å²) in [5.74, 6) is 1.82. The largest absolute Gasteiger partial charge is 0.490 e. The van der Waals surface area contributed by atoms with E-state index in [0.29, 0.717) is 41.8 Å². The predicted octanol–water partition coefficient (Wildman–Crippen LogP) is 5.37. The maximum Gasteiger partial charge on any atom is 0.174 e. The third-order valence-electron chi connectivity index (χ3n) is 4.06. The first-order valence-corrected chi connectivity index (χ1v) is 9.87. The second-order valence-corrected chi connectivity index (χ2v) is 6.44. The molecule has 0 aliphatic rings. The van der Waals surface area contributed by atoms with Gasteiger partial charge in [0, 0.05) is 18.6 Å². The minimum absolute atomic E-state index is 0.145. The Kier molecular flexibility index (Phi) is 9.69. The van der Waals surface area contributed by atoms with Crippen LogP contribution in [0.25, 0.3) is 0 Å². The van der Waals surface area contributed by atoms with Crippen LogP contribution in [0, 0.1) is 0 Å². The summed E-state index contributed by atoms with van der Waals surface area (Å²) < 4.78 is 22.7. The van der Waals surface area contributed by atoms with E-state index in [9.17, 15) is 4.79 Å². The van der Waals surface area contributed by atoms with Crippen LogP contribution < -0.4 is 18.9 Å². The number of ketones is 1. The molecule has 0 N–H and O–H groups in total. The maximum absolute atomic E-state index is 13.3. The van der Waals surface area contributed by atoms with Crippen LogP contribution in [0.1, 0.15) is 15.9 Å². The van der Waals surface area contributed by atoms with Crippen LogP contribution in [0.2, 0.25) is 0 Å². The molecule has 0 heterocycles. The lowest BCUT2D eigenvalue weighted by Crippen LogP contribution is -2.11. The van der Waals surface area contributed by atoms with E-state index in [0.717, 1.165) is 5.56 Å². The normalized spacial score (nSPS) is 9.94. The molecule has 0 radical (unpaired) electrons. The monoisotopic (exact) mass is 420 g/mol. The second kappa shape index (κ2) is 12.8. The molecule has 0 bridgehead atoms. The summed E-state index contributed by atoms with van der Waals surface area (Å²) in [7, 11) is 0. The van der Waals surface area contributed by atoms with Crippen LogP contribution in [0.5, 0.6) is 23.0 Å². The Balaban J connectivity index is 2.35. The molecule has 162 valence electrons. The van der Waals surface area contributed by atoms with Crippen molar-refractivity contribution < 1.29 is 23.7 Å². The van der Waals surface area contributed by atoms with Crippen molar-refractivity contribution in [1.29, 1.82) is 0 Å². The zero-order valence-corrected chi connectivity index (χ0v) is 17.7. The van der Waals surface area contributed by atoms with Crippen molar-refractivity contribution in [3.05, 3.63) is 98.1 Å². The molecule has 0 aliphatic carbocycles. The molecule has 0 aromatic heterocycles. The zero-order chi connectivity index (χ0) is 22.5. The summed E-state index contributed by atoms with van der Waals surface area (Å²) in [5, 5.41) is 0. The average Bonchev–Trinajstić information content (AvgIpc) is 2.79. The second-order valence-electron chi connectivity index (χ2n) is 6.44. The number of ether oxygens (including phenoxy) is 4. The Hall–Kier alpha value is -3.73. The molecule has 2 aromatic rings. The first-order chi connectivity index (χ1) is 15.1. The molecule has 0 saturated heterocycles. The van der Waals surface area contributed by atoms with Crippen molar-refractivity contribution in [1.82, 2.24) is 0 Å². The first kappa shape index (κ1) is 23.5. The van der Waals surface area contributed by atoms with Crippen molar-refractivity contribution in [2.45, 2.75) is 6.42 Å². The number of carbonyl (C=O) groups excluding carboxylic acids is 1. The Morgan fingerprint density at radius 1 is 0.677 bits per heavy atom. The molecule has 5 nitrogen and oxygen atoms in total. The van der Waals surface area contributed by atoms with Gasteiger partial charge in [-0.2, -0.15) is 0 Å². The van der Waals surface area contributed by atoms with E-state index in [2.05, 4.69) is 26.3 Å². The summed E-state index contributed by atoms with van der Waals surface area (Å²) in [6.07, 6.45) is 6.70. The van der Waals surface area contributed by atoms with Crippen molar-refractivity contribution in [3.63, 3.8) is 0 Å². The average molecular weight is 421 g/mol. The van der Waals surface area contributed by atoms with Crippen LogP contribution in [0.15, 0.2) is 87.0 Å². The van der Waals surface area contributed by atoms with E-state index in [4.69, 9.17) is 18.9 Å². The fourth-order valence-corrected chi connectivity index (χ4v) is 2.74. The van der Waals surface area contributed by atoms with E-state index in [1.54, 1.807) is 36.4 Å². The van der Waals surface area contributed by atoms with E-state index in [1.807, 2.05) is 24.3 Å². The van der Waals surface area contributed by atoms with Crippen molar-refractivity contribution in [2.75, 3.05) is 26.4 Å². The highest BCUT2D eigenvalue weighted by Gasteiger charge is 2.21. The van der Waals surface area contributed by atoms with Crippen molar-refractivity contribution >= 4 is 5.78 Å². The Morgan fingerprint density at radius 2 is 1.13 bits per heavy atom. The summed E-state index contributed by atoms with van der Waals surface area (Å²) in [6.45, 7) is 15.8. The molecule has 2 aromatic carbocycles. The standard InChI is InChI=1S/C26H28O5/c1-5-13-28-21-11-9-20(10-12-21)17-23(27)26-24(30-15-7-3)18-22(29-14-6-2)19-25(26)31-16-8-4/h5-12,18-19H,1-4,13-17H2. The molecular formula is C26H28O5. The van der Waals surface area contributed by atoms with Gasteiger partial charge in [-0.1, -0.05) is 62.8 Å². The van der Waals surface area contributed by atoms with E-state index in [-0.39, 0.29) is 25.4 Å². The van der Waals surface area contributed by atoms with Gasteiger partial charge in [0.05, 0.1) is 0 Å². The topological polar surface area (TPSA) is 54.0 Å². The Bertz CT molecular complexity index is 879. The number of hydrogen-bond donors (Lipinski definition) is 0. The fraction of sp³-hybridized carbons (Fsp3) is 0.192. The molecular weight excluding hydrogens is 392 g/mol. The summed E-state index contributed by atoms with van der Waals surface area (Å²) in [4.78, 5) is 13.3. The van der Waals surface area contributed by atoms with Gasteiger partial charge >= 0.3 is 0 Å². The predicted molar refractivity (Wildman–Crippen MR) is 124 cm³/mol. The first-order valence-electron chi connectivity index (χ1n) is 9.87. The molecule has 0 spiro atoms. The number of benzene rings is 2. The molecule has 0 saturated carbocycles. The van der Waals surface area contributed by atoms with Gasteiger partial charge in [-0.3, -0.25) is 4.79 Å². The van der Waals surface area contributed by atoms with Gasteiger partial charge in [-0.25, -0.2) is 0 Å². The lowest BCUT2D eigenvalue weighted by Gasteiger charge is -2.17. The summed E-state index contributed by atoms with van der Waals surface area (Å²) in [5.41, 5.74) is 1.19. The van der Waals surface area contributed by atoms with E-state index >= 15 is 0 Å². The van der Waals surface area contributed by atoms with Crippen LogP contribution in [0.4, 0.5) is 0 Å². The number of carbonyl (C=O) groups is 1.